The molecule has 0 saturated carbocycles. The van der Waals surface area contributed by atoms with Gasteiger partial charge < -0.3 is 20.4 Å². The van der Waals surface area contributed by atoms with E-state index in [1.807, 2.05) is 11.0 Å². The van der Waals surface area contributed by atoms with Crippen molar-refractivity contribution in [1.82, 2.24) is 39.7 Å². The number of hydrogen-bond donors (Lipinski definition) is 2. The van der Waals surface area contributed by atoms with Crippen LogP contribution in [0.15, 0.2) is 49.1 Å². The number of nitrogens with two attached hydrogens (primary N) is 1. The van der Waals surface area contributed by atoms with Crippen LogP contribution >= 0.6 is 0 Å². The maximum Gasteiger partial charge on any atom is 0.292 e. The third-order valence-corrected chi connectivity index (χ3v) is 8.56. The number of carbonyl (C=O) groups is 2. The first-order chi connectivity index (χ1) is 20.8. The van der Waals surface area contributed by atoms with Crippen LogP contribution in [-0.4, -0.2) is 70.5 Å². The second kappa shape index (κ2) is 10.3. The summed E-state index contributed by atoms with van der Waals surface area (Å²) in [6, 6.07) is 8.16. The molecule has 0 spiro atoms. The van der Waals surface area contributed by atoms with Gasteiger partial charge in [0.25, 0.3) is 5.91 Å². The Balaban J connectivity index is 1.24. The normalized spacial score (nSPS) is 19.6. The Morgan fingerprint density at radius 2 is 1.88 bits per heavy atom. The molecule has 5 aromatic rings. The van der Waals surface area contributed by atoms with Crippen molar-refractivity contribution in [2.45, 2.75) is 50.6 Å². The fraction of sp³-hybridized carbons (Fsp3) is 0.300. The minimum atomic E-state index is -0.436. The number of pyridine rings is 1. The van der Waals surface area contributed by atoms with Gasteiger partial charge in [0.2, 0.25) is 5.82 Å². The number of nitrogens with one attached hydrogen (secondary N) is 1. The van der Waals surface area contributed by atoms with E-state index in [1.54, 1.807) is 30.6 Å². The van der Waals surface area contributed by atoms with E-state index in [1.165, 1.54) is 30.9 Å². The van der Waals surface area contributed by atoms with Gasteiger partial charge in [0.05, 0.1) is 30.3 Å². The van der Waals surface area contributed by atoms with Gasteiger partial charge in [-0.1, -0.05) is 6.07 Å². The number of fused-ring (bicyclic) bond motifs is 3. The molecular formula is C30H28FN9O3. The number of amides is 1. The number of nitrogens with zero attached hydrogens (tertiary/aromatic N) is 7. The molecule has 2 bridgehead atoms. The number of carbonyl (C=O) groups excluding carboxylic acids is 2. The van der Waals surface area contributed by atoms with E-state index < -0.39 is 5.82 Å². The second-order valence-electron chi connectivity index (χ2n) is 11.0. The Morgan fingerprint density at radius 3 is 2.51 bits per heavy atom. The van der Waals surface area contributed by atoms with Gasteiger partial charge in [-0.2, -0.15) is 9.61 Å². The Labute approximate surface area is 245 Å². The Bertz CT molecular complexity index is 1860. The summed E-state index contributed by atoms with van der Waals surface area (Å²) in [5.74, 6) is -0.00912. The topological polar surface area (TPSA) is 157 Å². The van der Waals surface area contributed by atoms with Gasteiger partial charge >= 0.3 is 0 Å². The summed E-state index contributed by atoms with van der Waals surface area (Å²) < 4.78 is 21.2. The molecule has 3 N–H and O–H groups in total. The highest BCUT2D eigenvalue weighted by Gasteiger charge is 2.45. The number of rotatable bonds is 6. The van der Waals surface area contributed by atoms with Gasteiger partial charge in [0.1, 0.15) is 23.7 Å². The van der Waals surface area contributed by atoms with Gasteiger partial charge in [-0.25, -0.2) is 9.37 Å². The molecule has 0 radical (unpaired) electrons. The summed E-state index contributed by atoms with van der Waals surface area (Å²) in [5.41, 5.74) is 10.3. The van der Waals surface area contributed by atoms with Gasteiger partial charge in [0, 0.05) is 47.0 Å². The van der Waals surface area contributed by atoms with Crippen LogP contribution in [0.3, 0.4) is 0 Å². The van der Waals surface area contributed by atoms with Crippen LogP contribution in [0, 0.1) is 5.82 Å². The average molecular weight is 582 g/mol. The van der Waals surface area contributed by atoms with E-state index in [2.05, 4.69) is 25.3 Å². The van der Waals surface area contributed by atoms with Crippen LogP contribution < -0.4 is 10.5 Å². The molecule has 1 amide bonds. The van der Waals surface area contributed by atoms with Crippen molar-refractivity contribution in [3.63, 3.8) is 0 Å². The molecule has 2 saturated heterocycles. The molecule has 2 aliphatic heterocycles. The summed E-state index contributed by atoms with van der Waals surface area (Å²) in [5, 5.41) is 12.1. The zero-order chi connectivity index (χ0) is 29.8. The molecule has 43 heavy (non-hydrogen) atoms. The number of nitrogen functional groups attached to an aromatic ring is 1. The van der Waals surface area contributed by atoms with Crippen LogP contribution in [0.1, 0.15) is 65.2 Å². The van der Waals surface area contributed by atoms with Gasteiger partial charge in [-0.15, -0.1) is 10.2 Å². The SMILES string of the molecule is COc1ccc(-c2ccc(-c3cnn4c(N)c(C(C)=O)c([C@H]5C[C@H]6CC[C@@H](C5)N6C(=O)c5nnc[nH]5)nc34)cn2)c(F)c1. The third-order valence-electron chi connectivity index (χ3n) is 8.56. The van der Waals surface area contributed by atoms with Crippen molar-refractivity contribution in [3.05, 3.63) is 72.0 Å². The number of methoxy groups -OCH3 is 1. The number of H-pyrrole nitrogens is 1. The molecular weight excluding hydrogens is 553 g/mol. The number of anilines is 1. The van der Waals surface area contributed by atoms with E-state index in [9.17, 15) is 14.0 Å². The van der Waals surface area contributed by atoms with Crippen molar-refractivity contribution in [2.24, 2.45) is 0 Å². The first-order valence-electron chi connectivity index (χ1n) is 14.0. The average Bonchev–Trinajstić information content (AvgIpc) is 3.75. The molecule has 7 rings (SSSR count). The molecule has 1 aromatic carbocycles. The van der Waals surface area contributed by atoms with Crippen molar-refractivity contribution in [1.29, 1.82) is 0 Å². The van der Waals surface area contributed by atoms with E-state index >= 15 is 0 Å². The lowest BCUT2D eigenvalue weighted by molar-refractivity contribution is 0.0556. The molecule has 6 heterocycles. The Hall–Kier alpha value is -5.20. The highest BCUT2D eigenvalue weighted by atomic mass is 19.1. The Morgan fingerprint density at radius 1 is 1.09 bits per heavy atom. The number of piperidine rings is 1. The molecule has 2 fully saturated rings. The number of aromatic amines is 1. The van der Waals surface area contributed by atoms with Crippen molar-refractivity contribution in [2.75, 3.05) is 12.8 Å². The molecule has 4 aromatic heterocycles. The molecule has 218 valence electrons. The third kappa shape index (κ3) is 4.39. The van der Waals surface area contributed by atoms with E-state index in [0.29, 0.717) is 57.9 Å². The number of ether oxygens (including phenoxy) is 1. The fourth-order valence-electron chi connectivity index (χ4n) is 6.60. The monoisotopic (exact) mass is 581 g/mol. The first kappa shape index (κ1) is 26.7. The molecule has 3 atom stereocenters. The highest BCUT2D eigenvalue weighted by Crippen LogP contribution is 2.45. The predicted molar refractivity (Wildman–Crippen MR) is 154 cm³/mol. The minimum Gasteiger partial charge on any atom is -0.497 e. The number of benzene rings is 1. The fourth-order valence-corrected chi connectivity index (χ4v) is 6.60. The lowest BCUT2D eigenvalue weighted by Crippen LogP contribution is -2.46. The van der Waals surface area contributed by atoms with Crippen LogP contribution in [0.5, 0.6) is 5.75 Å². The zero-order valence-corrected chi connectivity index (χ0v) is 23.5. The number of halogens is 1. The largest absolute Gasteiger partial charge is 0.497 e. The lowest BCUT2D eigenvalue weighted by atomic mass is 9.85. The van der Waals surface area contributed by atoms with E-state index in [0.717, 1.165) is 12.8 Å². The number of aromatic nitrogens is 7. The first-order valence-corrected chi connectivity index (χ1v) is 14.0. The maximum atomic E-state index is 14.7. The Kier molecular flexibility index (Phi) is 6.37. The van der Waals surface area contributed by atoms with E-state index in [4.69, 9.17) is 15.5 Å². The molecule has 0 unspecified atom stereocenters. The smallest absolute Gasteiger partial charge is 0.292 e. The number of Topliss-reactive ketones (excluding diaryl/α,β-unsaturated/α-hetero) is 1. The zero-order valence-electron chi connectivity index (χ0n) is 23.5. The highest BCUT2D eigenvalue weighted by molar-refractivity contribution is 6.00. The van der Waals surface area contributed by atoms with Crippen molar-refractivity contribution in [3.8, 4) is 28.1 Å². The summed E-state index contributed by atoms with van der Waals surface area (Å²) >= 11 is 0. The summed E-state index contributed by atoms with van der Waals surface area (Å²) in [6.07, 6.45) is 7.68. The van der Waals surface area contributed by atoms with Gasteiger partial charge in [-0.05, 0) is 50.8 Å². The molecule has 12 nitrogen and oxygen atoms in total. The van der Waals surface area contributed by atoms with Crippen molar-refractivity contribution < 1.29 is 18.7 Å². The lowest BCUT2D eigenvalue weighted by Gasteiger charge is -2.38. The quantitative estimate of drug-likeness (QED) is 0.282. The summed E-state index contributed by atoms with van der Waals surface area (Å²) in [6.45, 7) is 1.48. The molecule has 13 heteroatoms. The van der Waals surface area contributed by atoms with Crippen LogP contribution in [0.25, 0.3) is 28.0 Å². The maximum absolute atomic E-state index is 14.7. The van der Waals surface area contributed by atoms with E-state index in [-0.39, 0.29) is 41.3 Å². The van der Waals surface area contributed by atoms with Gasteiger partial charge in [-0.3, -0.25) is 14.6 Å². The van der Waals surface area contributed by atoms with Crippen LogP contribution in [0.4, 0.5) is 10.2 Å². The number of hydrogen-bond acceptors (Lipinski definition) is 9. The standard InChI is InChI=1S/C30H28FN9O3/c1-15(41)25-26(17-9-18-4-5-19(10-17)39(18)30(42)28-34-14-35-38-28)37-29-22(13-36-40(29)27(25)32)16-3-8-24(33-12-16)21-7-6-20(43-2)11-23(21)31/h3,6-8,11-14,17-19H,4-5,9-10,32H2,1-2H3,(H,34,35,38)/t17-,18+,19-. The molecule has 0 aliphatic carbocycles. The predicted octanol–water partition coefficient (Wildman–Crippen LogP) is 4.06. The molecule has 2 aliphatic rings. The van der Waals surface area contributed by atoms with Gasteiger partial charge in [0.15, 0.2) is 11.4 Å². The van der Waals surface area contributed by atoms with Crippen LogP contribution in [-0.2, 0) is 0 Å². The minimum absolute atomic E-state index is 0.0140. The van der Waals surface area contributed by atoms with Crippen molar-refractivity contribution >= 4 is 23.2 Å². The van der Waals surface area contributed by atoms with Crippen LogP contribution in [0.2, 0.25) is 0 Å². The second-order valence-corrected chi connectivity index (χ2v) is 11.0. The number of ketones is 1. The summed E-state index contributed by atoms with van der Waals surface area (Å²) in [4.78, 5) is 40.3. The summed E-state index contributed by atoms with van der Waals surface area (Å²) in [7, 11) is 1.48.